The molecule has 4 heteroatoms. The molecular weight excluding hydrogens is 218 g/mol. The molecule has 1 heterocycles. The zero-order chi connectivity index (χ0) is 12.3. The van der Waals surface area contributed by atoms with Gasteiger partial charge in [-0.3, -0.25) is 9.59 Å². The van der Waals surface area contributed by atoms with Crippen molar-refractivity contribution >= 4 is 11.9 Å². The Hall–Kier alpha value is -1.06. The van der Waals surface area contributed by atoms with Crippen molar-refractivity contribution in [2.24, 2.45) is 11.8 Å². The van der Waals surface area contributed by atoms with Crippen LogP contribution in [-0.2, 0) is 9.59 Å². The van der Waals surface area contributed by atoms with E-state index in [1.807, 2.05) is 0 Å². The lowest BCUT2D eigenvalue weighted by Crippen LogP contribution is -2.53. The van der Waals surface area contributed by atoms with Crippen molar-refractivity contribution < 1.29 is 14.7 Å². The minimum Gasteiger partial charge on any atom is -0.481 e. The molecule has 0 spiro atoms. The van der Waals surface area contributed by atoms with Crippen molar-refractivity contribution in [3.05, 3.63) is 0 Å². The summed E-state index contributed by atoms with van der Waals surface area (Å²) in [6.07, 6.45) is 8.06. The maximum absolute atomic E-state index is 11.9. The summed E-state index contributed by atoms with van der Waals surface area (Å²) in [5.74, 6) is -0.403. The Morgan fingerprint density at radius 1 is 1.06 bits per heavy atom. The van der Waals surface area contributed by atoms with Crippen LogP contribution in [0.25, 0.3) is 0 Å². The zero-order valence-electron chi connectivity index (χ0n) is 10.2. The summed E-state index contributed by atoms with van der Waals surface area (Å²) in [7, 11) is 0. The fourth-order valence-electron chi connectivity index (χ4n) is 2.78. The molecular formula is C13H21NO3. The second-order valence-electron chi connectivity index (χ2n) is 5.40. The quantitative estimate of drug-likeness (QED) is 0.765. The molecule has 2 rings (SSSR count). The molecule has 0 unspecified atom stereocenters. The Labute approximate surface area is 102 Å². The lowest BCUT2D eigenvalue weighted by Gasteiger charge is -2.37. The first-order chi connectivity index (χ1) is 8.16. The third-order valence-corrected chi connectivity index (χ3v) is 4.02. The molecule has 2 aliphatic rings. The van der Waals surface area contributed by atoms with Gasteiger partial charge in [-0.2, -0.15) is 0 Å². The lowest BCUT2D eigenvalue weighted by atomic mass is 9.93. The summed E-state index contributed by atoms with van der Waals surface area (Å²) < 4.78 is 0. The molecule has 1 aliphatic carbocycles. The lowest BCUT2D eigenvalue weighted by molar-refractivity contribution is -0.153. The van der Waals surface area contributed by atoms with Crippen LogP contribution < -0.4 is 0 Å². The van der Waals surface area contributed by atoms with E-state index in [1.165, 1.54) is 38.5 Å². The van der Waals surface area contributed by atoms with Crippen LogP contribution in [0.4, 0.5) is 0 Å². The van der Waals surface area contributed by atoms with E-state index in [0.717, 1.165) is 0 Å². The molecule has 0 bridgehead atoms. The van der Waals surface area contributed by atoms with E-state index in [-0.39, 0.29) is 11.8 Å². The molecule has 0 aromatic rings. The van der Waals surface area contributed by atoms with Crippen molar-refractivity contribution in [3.8, 4) is 0 Å². The SMILES string of the molecule is O=C(O)C1CN(C(=O)CC2CCCCCC2)C1. The number of carboxylic acids is 1. The number of rotatable bonds is 3. The van der Waals surface area contributed by atoms with Crippen LogP contribution in [0.3, 0.4) is 0 Å². The predicted molar refractivity (Wildman–Crippen MR) is 63.5 cm³/mol. The van der Waals surface area contributed by atoms with Gasteiger partial charge in [0.05, 0.1) is 5.92 Å². The fourth-order valence-corrected chi connectivity index (χ4v) is 2.78. The Kier molecular flexibility index (Phi) is 4.02. The molecule has 1 amide bonds. The van der Waals surface area contributed by atoms with Crippen LogP contribution >= 0.6 is 0 Å². The molecule has 17 heavy (non-hydrogen) atoms. The number of carbonyl (C=O) groups is 2. The van der Waals surface area contributed by atoms with E-state index >= 15 is 0 Å². The van der Waals surface area contributed by atoms with Gasteiger partial charge in [0.25, 0.3) is 0 Å². The van der Waals surface area contributed by atoms with E-state index in [1.54, 1.807) is 4.90 Å². The number of amides is 1. The predicted octanol–water partition coefficient (Wildman–Crippen LogP) is 1.89. The van der Waals surface area contributed by atoms with Gasteiger partial charge in [-0.1, -0.05) is 25.7 Å². The summed E-state index contributed by atoms with van der Waals surface area (Å²) in [5, 5.41) is 8.75. The molecule has 0 aromatic carbocycles. The standard InChI is InChI=1S/C13H21NO3/c15-12(14-8-11(9-14)13(16)17)7-10-5-3-1-2-4-6-10/h10-11H,1-9H2,(H,16,17). The van der Waals surface area contributed by atoms with E-state index < -0.39 is 5.97 Å². The minimum atomic E-state index is -0.775. The van der Waals surface area contributed by atoms with Gasteiger partial charge in [0.2, 0.25) is 5.91 Å². The number of aliphatic carboxylic acids is 1. The van der Waals surface area contributed by atoms with Crippen molar-refractivity contribution in [1.29, 1.82) is 0 Å². The number of nitrogens with zero attached hydrogens (tertiary/aromatic N) is 1. The Bertz CT molecular complexity index is 289. The molecule has 1 saturated heterocycles. The molecule has 0 atom stereocenters. The van der Waals surface area contributed by atoms with Gasteiger partial charge in [-0.25, -0.2) is 0 Å². The van der Waals surface area contributed by atoms with Crippen molar-refractivity contribution in [3.63, 3.8) is 0 Å². The molecule has 0 aromatic heterocycles. The highest BCUT2D eigenvalue weighted by Crippen LogP contribution is 2.27. The molecule has 1 N–H and O–H groups in total. The molecule has 96 valence electrons. The number of carbonyl (C=O) groups excluding carboxylic acids is 1. The van der Waals surface area contributed by atoms with Gasteiger partial charge in [-0.05, 0) is 18.8 Å². The van der Waals surface area contributed by atoms with Gasteiger partial charge in [0.1, 0.15) is 0 Å². The number of hydrogen-bond donors (Lipinski definition) is 1. The van der Waals surface area contributed by atoms with E-state index in [0.29, 0.717) is 25.4 Å². The van der Waals surface area contributed by atoms with E-state index in [9.17, 15) is 9.59 Å². The third kappa shape index (κ3) is 3.20. The molecule has 1 saturated carbocycles. The highest BCUT2D eigenvalue weighted by atomic mass is 16.4. The first-order valence-electron chi connectivity index (χ1n) is 6.67. The maximum Gasteiger partial charge on any atom is 0.310 e. The Morgan fingerprint density at radius 2 is 1.65 bits per heavy atom. The highest BCUT2D eigenvalue weighted by molar-refractivity contribution is 5.81. The van der Waals surface area contributed by atoms with Gasteiger partial charge in [0, 0.05) is 19.5 Å². The topological polar surface area (TPSA) is 57.6 Å². The normalized spacial score (nSPS) is 22.9. The van der Waals surface area contributed by atoms with Crippen molar-refractivity contribution in [2.45, 2.75) is 44.9 Å². The smallest absolute Gasteiger partial charge is 0.310 e. The molecule has 1 aliphatic heterocycles. The summed E-state index contributed by atoms with van der Waals surface area (Å²) in [5.41, 5.74) is 0. The van der Waals surface area contributed by atoms with E-state index in [2.05, 4.69) is 0 Å². The average molecular weight is 239 g/mol. The third-order valence-electron chi connectivity index (χ3n) is 4.02. The van der Waals surface area contributed by atoms with Gasteiger partial charge < -0.3 is 10.0 Å². The average Bonchev–Trinajstić information content (AvgIpc) is 2.43. The largest absolute Gasteiger partial charge is 0.481 e. The van der Waals surface area contributed by atoms with Gasteiger partial charge in [-0.15, -0.1) is 0 Å². The van der Waals surface area contributed by atoms with Crippen LogP contribution in [0.15, 0.2) is 0 Å². The van der Waals surface area contributed by atoms with Crippen LogP contribution in [0.5, 0.6) is 0 Å². The first-order valence-corrected chi connectivity index (χ1v) is 6.67. The minimum absolute atomic E-state index is 0.161. The summed E-state index contributed by atoms with van der Waals surface area (Å²) in [6, 6.07) is 0. The van der Waals surface area contributed by atoms with Crippen molar-refractivity contribution in [1.82, 2.24) is 4.90 Å². The molecule has 4 nitrogen and oxygen atoms in total. The fraction of sp³-hybridized carbons (Fsp3) is 0.846. The summed E-state index contributed by atoms with van der Waals surface area (Å²) in [6.45, 7) is 0.835. The maximum atomic E-state index is 11.9. The van der Waals surface area contributed by atoms with Crippen LogP contribution in [0.1, 0.15) is 44.9 Å². The van der Waals surface area contributed by atoms with Crippen LogP contribution in [0, 0.1) is 11.8 Å². The zero-order valence-corrected chi connectivity index (χ0v) is 10.2. The van der Waals surface area contributed by atoms with E-state index in [4.69, 9.17) is 5.11 Å². The second-order valence-corrected chi connectivity index (χ2v) is 5.40. The van der Waals surface area contributed by atoms with Crippen LogP contribution in [-0.4, -0.2) is 35.0 Å². The highest BCUT2D eigenvalue weighted by Gasteiger charge is 2.35. The monoisotopic (exact) mass is 239 g/mol. The van der Waals surface area contributed by atoms with Crippen LogP contribution in [0.2, 0.25) is 0 Å². The molecule has 0 radical (unpaired) electrons. The number of carboxylic acid groups (broad SMARTS) is 1. The summed E-state index contributed by atoms with van der Waals surface area (Å²) in [4.78, 5) is 24.3. The Morgan fingerprint density at radius 3 is 2.18 bits per heavy atom. The number of hydrogen-bond acceptors (Lipinski definition) is 2. The van der Waals surface area contributed by atoms with Gasteiger partial charge >= 0.3 is 5.97 Å². The Balaban J connectivity index is 1.72. The molecule has 2 fully saturated rings. The first kappa shape index (κ1) is 12.4. The number of likely N-dealkylation sites (tertiary alicyclic amines) is 1. The summed E-state index contributed by atoms with van der Waals surface area (Å²) >= 11 is 0. The second kappa shape index (κ2) is 5.52. The van der Waals surface area contributed by atoms with Crippen molar-refractivity contribution in [2.75, 3.05) is 13.1 Å². The van der Waals surface area contributed by atoms with Gasteiger partial charge in [0.15, 0.2) is 0 Å².